The molecular weight excluding hydrogens is 490 g/mol. The highest BCUT2D eigenvalue weighted by Gasteiger charge is 2.33. The van der Waals surface area contributed by atoms with Crippen LogP contribution in [0.25, 0.3) is 10.9 Å². The van der Waals surface area contributed by atoms with Crippen LogP contribution in [-0.2, 0) is 30.4 Å². The number of rotatable bonds is 14. The minimum absolute atomic E-state index is 0.0597. The Morgan fingerprint density at radius 2 is 1.62 bits per heavy atom. The molecule has 37 heavy (non-hydrogen) atoms. The van der Waals surface area contributed by atoms with Crippen molar-refractivity contribution in [1.29, 1.82) is 0 Å². The van der Waals surface area contributed by atoms with Gasteiger partial charge in [0.15, 0.2) is 0 Å². The third kappa shape index (κ3) is 8.27. The Bertz CT molecular complexity index is 1130. The Balaban J connectivity index is 2.27. The summed E-state index contributed by atoms with van der Waals surface area (Å²) in [4.78, 5) is 63.4. The fourth-order valence-corrected chi connectivity index (χ4v) is 3.52. The Kier molecular flexibility index (Phi) is 10.5. The number of carboxylic acids is 2. The summed E-state index contributed by atoms with van der Waals surface area (Å²) in [7, 11) is 0. The largest absolute Gasteiger partial charge is 0.481 e. The number of aromatic amines is 1. The average molecular weight is 522 g/mol. The summed E-state index contributed by atoms with van der Waals surface area (Å²) < 4.78 is 0. The SMILES string of the molecule is CC(O)C(NC(=O)C(Cc1c[nH]c2ccccc12)NC(=O)C(N)CCC(=O)O)C(=O)NC(CO)C(=O)O. The number of benzene rings is 1. The van der Waals surface area contributed by atoms with E-state index in [2.05, 4.69) is 15.6 Å². The molecule has 0 saturated carbocycles. The van der Waals surface area contributed by atoms with Crippen molar-refractivity contribution in [2.24, 2.45) is 5.73 Å². The van der Waals surface area contributed by atoms with E-state index < -0.39 is 66.5 Å². The first-order chi connectivity index (χ1) is 17.4. The molecule has 0 fully saturated rings. The lowest BCUT2D eigenvalue weighted by Crippen LogP contribution is -2.60. The molecular formula is C23H31N5O9. The number of nitrogens with two attached hydrogens (primary N) is 1. The second-order valence-corrected chi connectivity index (χ2v) is 8.47. The second-order valence-electron chi connectivity index (χ2n) is 8.47. The van der Waals surface area contributed by atoms with E-state index in [0.717, 1.165) is 10.9 Å². The zero-order valence-electron chi connectivity index (χ0n) is 20.0. The Labute approximate surface area is 211 Å². The molecule has 0 spiro atoms. The van der Waals surface area contributed by atoms with Crippen LogP contribution in [0.3, 0.4) is 0 Å². The van der Waals surface area contributed by atoms with Gasteiger partial charge in [0.05, 0.1) is 18.8 Å². The van der Waals surface area contributed by atoms with Crippen molar-refractivity contribution in [2.45, 2.75) is 56.5 Å². The molecule has 2 rings (SSSR count). The van der Waals surface area contributed by atoms with Crippen LogP contribution in [0.15, 0.2) is 30.5 Å². The van der Waals surface area contributed by atoms with Gasteiger partial charge in [-0.1, -0.05) is 18.2 Å². The molecule has 1 aromatic carbocycles. The Morgan fingerprint density at radius 3 is 2.22 bits per heavy atom. The summed E-state index contributed by atoms with van der Waals surface area (Å²) in [6.07, 6.45) is -0.443. The van der Waals surface area contributed by atoms with E-state index in [4.69, 9.17) is 21.1 Å². The summed E-state index contributed by atoms with van der Waals surface area (Å²) in [5, 5.41) is 44.7. The third-order valence-corrected chi connectivity index (χ3v) is 5.60. The molecule has 14 nitrogen and oxygen atoms in total. The van der Waals surface area contributed by atoms with Gasteiger partial charge in [0.25, 0.3) is 0 Å². The molecule has 0 aliphatic carbocycles. The number of para-hydroxylation sites is 1. The van der Waals surface area contributed by atoms with E-state index in [9.17, 15) is 29.1 Å². The molecule has 1 aromatic heterocycles. The minimum Gasteiger partial charge on any atom is -0.481 e. The Morgan fingerprint density at radius 1 is 0.973 bits per heavy atom. The molecule has 202 valence electrons. The molecule has 0 saturated heterocycles. The van der Waals surface area contributed by atoms with Crippen molar-refractivity contribution in [2.75, 3.05) is 6.61 Å². The number of carbonyl (C=O) groups excluding carboxylic acids is 3. The lowest BCUT2D eigenvalue weighted by atomic mass is 10.0. The highest BCUT2D eigenvalue weighted by atomic mass is 16.4. The smallest absolute Gasteiger partial charge is 0.328 e. The normalized spacial score (nSPS) is 15.1. The molecule has 2 aromatic rings. The van der Waals surface area contributed by atoms with Gasteiger partial charge in [-0.3, -0.25) is 19.2 Å². The van der Waals surface area contributed by atoms with E-state index in [0.29, 0.717) is 5.56 Å². The molecule has 0 aliphatic rings. The van der Waals surface area contributed by atoms with Crippen LogP contribution in [0, 0.1) is 0 Å². The topological polar surface area (TPSA) is 244 Å². The monoisotopic (exact) mass is 521 g/mol. The van der Waals surface area contributed by atoms with Crippen molar-refractivity contribution in [1.82, 2.24) is 20.9 Å². The molecule has 5 atom stereocenters. The number of H-pyrrole nitrogens is 1. The zero-order valence-corrected chi connectivity index (χ0v) is 20.0. The predicted molar refractivity (Wildman–Crippen MR) is 129 cm³/mol. The van der Waals surface area contributed by atoms with E-state index in [1.54, 1.807) is 24.4 Å². The number of amides is 3. The number of aliphatic carboxylic acids is 2. The zero-order chi connectivity index (χ0) is 27.7. The molecule has 0 aliphatic heterocycles. The number of carboxylic acid groups (broad SMARTS) is 2. The van der Waals surface area contributed by atoms with Gasteiger partial charge in [0.2, 0.25) is 17.7 Å². The molecule has 0 bridgehead atoms. The van der Waals surface area contributed by atoms with Crippen molar-refractivity contribution >= 4 is 40.6 Å². The number of aliphatic hydroxyl groups excluding tert-OH is 2. The maximum absolute atomic E-state index is 13.2. The first-order valence-electron chi connectivity index (χ1n) is 11.4. The van der Waals surface area contributed by atoms with Crippen LogP contribution in [0.5, 0.6) is 0 Å². The van der Waals surface area contributed by atoms with Gasteiger partial charge in [0.1, 0.15) is 18.1 Å². The third-order valence-electron chi connectivity index (χ3n) is 5.60. The van der Waals surface area contributed by atoms with Crippen molar-refractivity contribution in [3.63, 3.8) is 0 Å². The number of aliphatic hydroxyl groups is 2. The van der Waals surface area contributed by atoms with Crippen LogP contribution in [-0.4, -0.2) is 91.9 Å². The van der Waals surface area contributed by atoms with Crippen LogP contribution >= 0.6 is 0 Å². The number of nitrogens with one attached hydrogen (secondary N) is 4. The molecule has 3 amide bonds. The van der Waals surface area contributed by atoms with E-state index in [1.807, 2.05) is 11.4 Å². The van der Waals surface area contributed by atoms with Gasteiger partial charge >= 0.3 is 11.9 Å². The predicted octanol–water partition coefficient (Wildman–Crippen LogP) is -2.19. The van der Waals surface area contributed by atoms with Crippen LogP contribution < -0.4 is 21.7 Å². The van der Waals surface area contributed by atoms with Crippen molar-refractivity contribution in [3.8, 4) is 0 Å². The summed E-state index contributed by atoms with van der Waals surface area (Å²) >= 11 is 0. The summed E-state index contributed by atoms with van der Waals surface area (Å²) in [6.45, 7) is 0.267. The van der Waals surface area contributed by atoms with Crippen LogP contribution in [0.4, 0.5) is 0 Å². The van der Waals surface area contributed by atoms with Gasteiger partial charge in [-0.15, -0.1) is 0 Å². The molecule has 14 heteroatoms. The fourth-order valence-electron chi connectivity index (χ4n) is 3.52. The maximum atomic E-state index is 13.2. The standard InChI is InChI=1S/C23H31N5O9/c1-11(30)19(22(35)27-17(10-29)23(36)37)28-21(34)16(26-20(33)14(24)6-7-18(31)32)8-12-9-25-15-5-3-2-4-13(12)15/h2-5,9,11,14,16-17,19,25,29-30H,6-8,10,24H2,1H3,(H,26,33)(H,27,35)(H,28,34)(H,31,32)(H,36,37). The van der Waals surface area contributed by atoms with Gasteiger partial charge in [-0.2, -0.15) is 0 Å². The minimum atomic E-state index is -1.67. The molecule has 5 unspecified atom stereocenters. The van der Waals surface area contributed by atoms with Crippen LogP contribution in [0.2, 0.25) is 0 Å². The fraction of sp³-hybridized carbons (Fsp3) is 0.435. The lowest BCUT2D eigenvalue weighted by Gasteiger charge is -2.26. The molecule has 0 radical (unpaired) electrons. The first kappa shape index (κ1) is 29.2. The van der Waals surface area contributed by atoms with Gasteiger partial charge < -0.3 is 47.1 Å². The summed E-state index contributed by atoms with van der Waals surface area (Å²) in [5.74, 6) is -5.43. The maximum Gasteiger partial charge on any atom is 0.328 e. The Hall–Kier alpha value is -4.01. The summed E-state index contributed by atoms with van der Waals surface area (Å²) in [5.41, 5.74) is 7.19. The number of carbonyl (C=O) groups is 5. The quantitative estimate of drug-likeness (QED) is 0.130. The molecule has 1 heterocycles. The van der Waals surface area contributed by atoms with Crippen molar-refractivity contribution in [3.05, 3.63) is 36.0 Å². The highest BCUT2D eigenvalue weighted by molar-refractivity contribution is 5.95. The van der Waals surface area contributed by atoms with Crippen molar-refractivity contribution < 1.29 is 44.4 Å². The highest BCUT2D eigenvalue weighted by Crippen LogP contribution is 2.19. The number of fused-ring (bicyclic) bond motifs is 1. The van der Waals surface area contributed by atoms with E-state index in [1.165, 1.54) is 6.92 Å². The molecule has 10 N–H and O–H groups in total. The van der Waals surface area contributed by atoms with Gasteiger partial charge in [0, 0.05) is 29.9 Å². The van der Waals surface area contributed by atoms with Gasteiger partial charge in [-0.25, -0.2) is 4.79 Å². The number of hydrogen-bond donors (Lipinski definition) is 9. The average Bonchev–Trinajstić information content (AvgIpc) is 3.25. The van der Waals surface area contributed by atoms with Gasteiger partial charge in [-0.05, 0) is 25.0 Å². The van der Waals surface area contributed by atoms with E-state index in [-0.39, 0.29) is 19.3 Å². The van der Waals surface area contributed by atoms with Crippen LogP contribution in [0.1, 0.15) is 25.3 Å². The lowest BCUT2D eigenvalue weighted by molar-refractivity contribution is -0.144. The van der Waals surface area contributed by atoms with E-state index >= 15 is 0 Å². The summed E-state index contributed by atoms with van der Waals surface area (Å²) in [6, 6.07) is 1.37. The number of aromatic nitrogens is 1. The first-order valence-corrected chi connectivity index (χ1v) is 11.4. The second kappa shape index (κ2) is 13.3. The number of hydrogen-bond acceptors (Lipinski definition) is 8.